The fraction of sp³-hybridized carbons (Fsp3) is 0.450. The third kappa shape index (κ3) is 3.27. The Bertz CT molecular complexity index is 876. The lowest BCUT2D eigenvalue weighted by atomic mass is 9.71. The summed E-state index contributed by atoms with van der Waals surface area (Å²) in [5, 5.41) is 0. The number of imidazole rings is 1. The van der Waals surface area contributed by atoms with Gasteiger partial charge in [0.05, 0.1) is 5.41 Å². The maximum absolute atomic E-state index is 14.0. The molecule has 4 rings (SSSR count). The first-order valence-corrected chi connectivity index (χ1v) is 9.51. The molecule has 8 heteroatoms. The molecular weight excluding hydrogens is 366 g/mol. The van der Waals surface area contributed by atoms with E-state index in [2.05, 4.69) is 9.97 Å². The van der Waals surface area contributed by atoms with Gasteiger partial charge in [-0.2, -0.15) is 0 Å². The Morgan fingerprint density at radius 3 is 2.68 bits per heavy atom. The Labute approximate surface area is 161 Å². The van der Waals surface area contributed by atoms with Gasteiger partial charge in [0.25, 0.3) is 5.91 Å². The molecule has 2 saturated heterocycles. The molecule has 1 aromatic heterocycles. The molecule has 0 aliphatic carbocycles. The average Bonchev–Trinajstić information content (AvgIpc) is 3.24. The van der Waals surface area contributed by atoms with Crippen LogP contribution in [-0.4, -0.2) is 51.2 Å². The molecule has 2 aromatic rings. The van der Waals surface area contributed by atoms with Crippen LogP contribution in [0.3, 0.4) is 0 Å². The van der Waals surface area contributed by atoms with Crippen LogP contribution >= 0.6 is 0 Å². The van der Waals surface area contributed by atoms with Crippen molar-refractivity contribution in [2.24, 2.45) is 5.41 Å². The SMILES string of the molecule is O=C(c1ncc[nH]1)N1CCC2(CCCN(Cc3cccc(F)c3F)C2=O)CC1. The van der Waals surface area contributed by atoms with E-state index in [1.165, 1.54) is 18.3 Å². The van der Waals surface area contributed by atoms with Crippen molar-refractivity contribution < 1.29 is 18.4 Å². The standard InChI is InChI=1S/C20H22F2N4O2/c21-15-4-1-3-14(16(15)22)13-26-10-2-5-20(19(26)28)6-11-25(12-7-20)18(27)17-23-8-9-24-17/h1,3-4,8-9H,2,5-7,10-13H2,(H,23,24). The van der Waals surface area contributed by atoms with Crippen molar-refractivity contribution in [3.8, 4) is 0 Å². The van der Waals surface area contributed by atoms with Gasteiger partial charge in [0.1, 0.15) is 0 Å². The predicted octanol–water partition coefficient (Wildman–Crippen LogP) is 2.73. The zero-order valence-electron chi connectivity index (χ0n) is 15.5. The number of nitrogens with one attached hydrogen (secondary N) is 1. The number of carbonyl (C=O) groups is 2. The maximum Gasteiger partial charge on any atom is 0.289 e. The van der Waals surface area contributed by atoms with Crippen LogP contribution in [0.5, 0.6) is 0 Å². The summed E-state index contributed by atoms with van der Waals surface area (Å²) in [6.07, 6.45) is 5.85. The summed E-state index contributed by atoms with van der Waals surface area (Å²) >= 11 is 0. The van der Waals surface area contributed by atoms with Crippen LogP contribution in [-0.2, 0) is 11.3 Å². The number of likely N-dealkylation sites (tertiary alicyclic amines) is 2. The van der Waals surface area contributed by atoms with Crippen molar-refractivity contribution in [1.29, 1.82) is 0 Å². The highest BCUT2D eigenvalue weighted by Crippen LogP contribution is 2.41. The summed E-state index contributed by atoms with van der Waals surface area (Å²) in [6.45, 7) is 1.56. The topological polar surface area (TPSA) is 69.3 Å². The first kappa shape index (κ1) is 18.6. The molecule has 2 fully saturated rings. The number of carbonyl (C=O) groups excluding carboxylic acids is 2. The third-order valence-corrected chi connectivity index (χ3v) is 5.93. The Morgan fingerprint density at radius 1 is 1.18 bits per heavy atom. The molecule has 1 N–H and O–H groups in total. The number of nitrogens with zero attached hydrogens (tertiary/aromatic N) is 3. The summed E-state index contributed by atoms with van der Waals surface area (Å²) in [7, 11) is 0. The molecule has 1 spiro atoms. The van der Waals surface area contributed by atoms with Crippen LogP contribution < -0.4 is 0 Å². The molecule has 2 aliphatic rings. The van der Waals surface area contributed by atoms with Gasteiger partial charge in [0, 0.05) is 44.1 Å². The van der Waals surface area contributed by atoms with E-state index in [4.69, 9.17) is 0 Å². The second-order valence-electron chi connectivity index (χ2n) is 7.55. The minimum Gasteiger partial charge on any atom is -0.341 e. The minimum atomic E-state index is -0.901. The minimum absolute atomic E-state index is 0.0208. The summed E-state index contributed by atoms with van der Waals surface area (Å²) in [4.78, 5) is 35.8. The molecule has 3 heterocycles. The Morgan fingerprint density at radius 2 is 1.96 bits per heavy atom. The smallest absolute Gasteiger partial charge is 0.289 e. The number of amides is 2. The van der Waals surface area contributed by atoms with Crippen molar-refractivity contribution in [1.82, 2.24) is 19.8 Å². The fourth-order valence-corrected chi connectivity index (χ4v) is 4.31. The summed E-state index contributed by atoms with van der Waals surface area (Å²) < 4.78 is 27.5. The molecule has 6 nitrogen and oxygen atoms in total. The van der Waals surface area contributed by atoms with Crippen LogP contribution in [0, 0.1) is 17.0 Å². The van der Waals surface area contributed by atoms with E-state index >= 15 is 0 Å². The van der Waals surface area contributed by atoms with E-state index < -0.39 is 17.0 Å². The lowest BCUT2D eigenvalue weighted by molar-refractivity contribution is -0.150. The Balaban J connectivity index is 1.45. The highest BCUT2D eigenvalue weighted by atomic mass is 19.2. The first-order valence-electron chi connectivity index (χ1n) is 9.51. The second-order valence-corrected chi connectivity index (χ2v) is 7.55. The molecule has 0 saturated carbocycles. The maximum atomic E-state index is 14.0. The van der Waals surface area contributed by atoms with Crippen molar-refractivity contribution in [3.63, 3.8) is 0 Å². The third-order valence-electron chi connectivity index (χ3n) is 5.93. The van der Waals surface area contributed by atoms with Gasteiger partial charge >= 0.3 is 0 Å². The van der Waals surface area contributed by atoms with Gasteiger partial charge in [-0.05, 0) is 31.7 Å². The Kier molecular flexibility index (Phi) is 4.87. The van der Waals surface area contributed by atoms with Gasteiger partial charge in [-0.1, -0.05) is 12.1 Å². The highest BCUT2D eigenvalue weighted by Gasteiger charge is 2.46. The van der Waals surface area contributed by atoms with Gasteiger partial charge in [-0.15, -0.1) is 0 Å². The lowest BCUT2D eigenvalue weighted by Gasteiger charge is -2.46. The molecule has 0 atom stereocenters. The van der Waals surface area contributed by atoms with E-state index in [9.17, 15) is 18.4 Å². The van der Waals surface area contributed by atoms with Crippen LogP contribution in [0.4, 0.5) is 8.78 Å². The van der Waals surface area contributed by atoms with Crippen LogP contribution in [0.1, 0.15) is 41.9 Å². The van der Waals surface area contributed by atoms with Gasteiger partial charge in [0.2, 0.25) is 5.91 Å². The second kappa shape index (κ2) is 7.33. The van der Waals surface area contributed by atoms with Crippen molar-refractivity contribution in [2.45, 2.75) is 32.2 Å². The van der Waals surface area contributed by atoms with Gasteiger partial charge in [0.15, 0.2) is 17.5 Å². The number of halogens is 2. The van der Waals surface area contributed by atoms with Crippen molar-refractivity contribution >= 4 is 11.8 Å². The predicted molar refractivity (Wildman–Crippen MR) is 97.2 cm³/mol. The quantitative estimate of drug-likeness (QED) is 0.879. The molecule has 28 heavy (non-hydrogen) atoms. The normalized spacial score (nSPS) is 19.3. The zero-order chi connectivity index (χ0) is 19.7. The van der Waals surface area contributed by atoms with E-state index in [1.54, 1.807) is 16.0 Å². The number of hydrogen-bond acceptors (Lipinski definition) is 3. The number of piperidine rings is 2. The monoisotopic (exact) mass is 388 g/mol. The van der Waals surface area contributed by atoms with E-state index in [1.807, 2.05) is 0 Å². The van der Waals surface area contributed by atoms with Crippen LogP contribution in [0.25, 0.3) is 0 Å². The molecule has 0 radical (unpaired) electrons. The van der Waals surface area contributed by atoms with Crippen LogP contribution in [0.2, 0.25) is 0 Å². The average molecular weight is 388 g/mol. The number of benzene rings is 1. The van der Waals surface area contributed by atoms with Crippen molar-refractivity contribution in [3.05, 3.63) is 53.6 Å². The van der Waals surface area contributed by atoms with Crippen molar-refractivity contribution in [2.75, 3.05) is 19.6 Å². The number of rotatable bonds is 3. The number of H-pyrrole nitrogens is 1. The fourth-order valence-electron chi connectivity index (χ4n) is 4.31. The first-order chi connectivity index (χ1) is 13.5. The zero-order valence-corrected chi connectivity index (χ0v) is 15.5. The Hall–Kier alpha value is -2.77. The molecular formula is C20H22F2N4O2. The molecule has 148 valence electrons. The number of aromatic amines is 1. The molecule has 0 bridgehead atoms. The van der Waals surface area contributed by atoms with Gasteiger partial charge in [-0.3, -0.25) is 9.59 Å². The number of aromatic nitrogens is 2. The van der Waals surface area contributed by atoms with E-state index in [-0.39, 0.29) is 23.9 Å². The summed E-state index contributed by atoms with van der Waals surface area (Å²) in [6, 6.07) is 4.04. The van der Waals surface area contributed by atoms with E-state index in [0.717, 1.165) is 18.9 Å². The largest absolute Gasteiger partial charge is 0.341 e. The molecule has 1 aromatic carbocycles. The van der Waals surface area contributed by atoms with Gasteiger partial charge in [-0.25, -0.2) is 13.8 Å². The molecule has 0 unspecified atom stereocenters. The summed E-state index contributed by atoms with van der Waals surface area (Å²) in [5.41, 5.74) is -0.335. The molecule has 2 aliphatic heterocycles. The highest BCUT2D eigenvalue weighted by molar-refractivity contribution is 5.91. The molecule has 2 amide bonds. The summed E-state index contributed by atoms with van der Waals surface area (Å²) in [5.74, 6) is -1.68. The number of hydrogen-bond donors (Lipinski definition) is 1. The van der Waals surface area contributed by atoms with E-state index in [0.29, 0.717) is 38.3 Å². The lowest BCUT2D eigenvalue weighted by Crippen LogP contribution is -2.54. The van der Waals surface area contributed by atoms with Gasteiger partial charge < -0.3 is 14.8 Å². The van der Waals surface area contributed by atoms with Crippen LogP contribution in [0.15, 0.2) is 30.6 Å².